The van der Waals surface area contributed by atoms with Crippen LogP contribution in [0.15, 0.2) is 18.6 Å². The number of piperidine rings is 1. The molecule has 218 valence electrons. The van der Waals surface area contributed by atoms with E-state index in [0.717, 1.165) is 28.9 Å². The summed E-state index contributed by atoms with van der Waals surface area (Å²) in [6, 6.07) is -0.702. The number of carboxylic acid groups (broad SMARTS) is 1. The Morgan fingerprint density at radius 3 is 2.17 bits per heavy atom. The van der Waals surface area contributed by atoms with Crippen molar-refractivity contribution in [3.8, 4) is 0 Å². The molecule has 2 fully saturated rings. The maximum atomic E-state index is 14.4. The minimum absolute atomic E-state index is 0.0213. The molecule has 1 amide bonds. The standard InChI is InChI=1S/C26H30Cl2F3N5O4/c1-34-8-6-15(7-9-34)13-35(14-21(37)22-19(27)11-32-12-20(22)28)24(38)18-10-33-36(23(18)26(29,30)31)17-4-2-16(3-5-17)25(39)40/h10-12,15-17H,2-9,13-14H2,1H3,(H,39,40). The van der Waals surface area contributed by atoms with E-state index in [-0.39, 0.29) is 53.8 Å². The number of alkyl halides is 3. The second-order valence-electron chi connectivity index (χ2n) is 10.5. The molecular formula is C26H30Cl2F3N5O4. The number of Topliss-reactive ketones (excluding diaryl/α,β-unsaturated/α-hetero) is 1. The highest BCUT2D eigenvalue weighted by molar-refractivity contribution is 6.39. The van der Waals surface area contributed by atoms with Crippen molar-refractivity contribution in [2.45, 2.75) is 50.7 Å². The third-order valence-electron chi connectivity index (χ3n) is 7.76. The SMILES string of the molecule is CN1CCC(CN(CC(=O)c2c(Cl)cncc2Cl)C(=O)c2cnn(C3CCC(C(=O)O)CC3)c2C(F)(F)F)CC1. The fourth-order valence-corrected chi connectivity index (χ4v) is 6.10. The molecule has 14 heteroatoms. The molecule has 40 heavy (non-hydrogen) atoms. The van der Waals surface area contributed by atoms with Gasteiger partial charge in [0.1, 0.15) is 0 Å². The van der Waals surface area contributed by atoms with Gasteiger partial charge in [-0.2, -0.15) is 18.3 Å². The topological polar surface area (TPSA) is 109 Å². The molecule has 2 aromatic heterocycles. The number of pyridine rings is 1. The van der Waals surface area contributed by atoms with E-state index in [2.05, 4.69) is 15.0 Å². The van der Waals surface area contributed by atoms with Gasteiger partial charge < -0.3 is 14.9 Å². The van der Waals surface area contributed by atoms with Crippen LogP contribution in [0.4, 0.5) is 13.2 Å². The largest absolute Gasteiger partial charge is 0.481 e. The first-order valence-corrected chi connectivity index (χ1v) is 13.8. The summed E-state index contributed by atoms with van der Waals surface area (Å²) in [6.07, 6.45) is 0.670. The third kappa shape index (κ3) is 6.77. The van der Waals surface area contributed by atoms with Crippen LogP contribution in [0.1, 0.15) is 71.0 Å². The Bertz CT molecular complexity index is 1240. The van der Waals surface area contributed by atoms with Crippen molar-refractivity contribution in [2.24, 2.45) is 11.8 Å². The molecule has 1 aliphatic heterocycles. The lowest BCUT2D eigenvalue weighted by molar-refractivity contribution is -0.147. The molecule has 1 N–H and O–H groups in total. The lowest BCUT2D eigenvalue weighted by Crippen LogP contribution is -2.42. The molecule has 0 aromatic carbocycles. The van der Waals surface area contributed by atoms with Gasteiger partial charge in [-0.3, -0.25) is 24.0 Å². The summed E-state index contributed by atoms with van der Waals surface area (Å²) in [5.41, 5.74) is -1.90. The van der Waals surface area contributed by atoms with Gasteiger partial charge in [-0.05, 0) is 64.6 Å². The number of aliphatic carboxylic acids is 1. The Hall–Kier alpha value is -2.70. The molecule has 1 saturated carbocycles. The van der Waals surface area contributed by atoms with Crippen molar-refractivity contribution >= 4 is 40.9 Å². The molecule has 3 heterocycles. The number of carboxylic acids is 1. The lowest BCUT2D eigenvalue weighted by Gasteiger charge is -2.33. The number of rotatable bonds is 8. The lowest BCUT2D eigenvalue weighted by atomic mass is 9.86. The van der Waals surface area contributed by atoms with Crippen LogP contribution in [-0.4, -0.2) is 80.6 Å². The second-order valence-corrected chi connectivity index (χ2v) is 11.3. The van der Waals surface area contributed by atoms with Crippen molar-refractivity contribution in [3.63, 3.8) is 0 Å². The number of hydrogen-bond acceptors (Lipinski definition) is 6. The van der Waals surface area contributed by atoms with Crippen LogP contribution >= 0.6 is 23.2 Å². The number of amides is 1. The van der Waals surface area contributed by atoms with Crippen molar-refractivity contribution < 1.29 is 32.7 Å². The summed E-state index contributed by atoms with van der Waals surface area (Å²) < 4.78 is 44.1. The predicted molar refractivity (Wildman–Crippen MR) is 141 cm³/mol. The average molecular weight is 604 g/mol. The maximum Gasteiger partial charge on any atom is 0.433 e. The van der Waals surface area contributed by atoms with Crippen LogP contribution < -0.4 is 0 Å². The number of hydrogen-bond donors (Lipinski definition) is 1. The fraction of sp³-hybridized carbons (Fsp3) is 0.577. The van der Waals surface area contributed by atoms with Gasteiger partial charge >= 0.3 is 12.1 Å². The molecule has 4 rings (SSSR count). The Morgan fingerprint density at radius 2 is 1.62 bits per heavy atom. The summed E-state index contributed by atoms with van der Waals surface area (Å²) in [7, 11) is 1.96. The molecule has 0 spiro atoms. The van der Waals surface area contributed by atoms with Crippen LogP contribution in [0.25, 0.3) is 0 Å². The van der Waals surface area contributed by atoms with Gasteiger partial charge in [0.2, 0.25) is 0 Å². The number of ketones is 1. The third-order valence-corrected chi connectivity index (χ3v) is 8.33. The molecule has 9 nitrogen and oxygen atoms in total. The zero-order valence-corrected chi connectivity index (χ0v) is 23.3. The second kappa shape index (κ2) is 12.4. The minimum Gasteiger partial charge on any atom is -0.481 e. The van der Waals surface area contributed by atoms with E-state index < -0.39 is 53.6 Å². The summed E-state index contributed by atoms with van der Waals surface area (Å²) >= 11 is 12.3. The van der Waals surface area contributed by atoms with E-state index in [4.69, 9.17) is 23.2 Å². The van der Waals surface area contributed by atoms with Crippen molar-refractivity contribution in [1.29, 1.82) is 0 Å². The number of halogens is 5. The molecule has 0 atom stereocenters. The van der Waals surface area contributed by atoms with Crippen LogP contribution in [0.2, 0.25) is 10.0 Å². The van der Waals surface area contributed by atoms with Crippen LogP contribution in [0, 0.1) is 11.8 Å². The molecule has 0 bridgehead atoms. The van der Waals surface area contributed by atoms with Crippen LogP contribution in [0.3, 0.4) is 0 Å². The first-order valence-electron chi connectivity index (χ1n) is 13.0. The van der Waals surface area contributed by atoms with Crippen molar-refractivity contribution in [1.82, 2.24) is 24.6 Å². The molecule has 0 unspecified atom stereocenters. The number of carbonyl (C=O) groups is 3. The molecule has 2 aliphatic rings. The van der Waals surface area contributed by atoms with Gasteiger partial charge in [0.25, 0.3) is 5.91 Å². The van der Waals surface area contributed by atoms with Crippen molar-refractivity contribution in [2.75, 3.05) is 33.2 Å². The van der Waals surface area contributed by atoms with E-state index in [9.17, 15) is 32.7 Å². The van der Waals surface area contributed by atoms with Gasteiger partial charge in [0.15, 0.2) is 11.5 Å². The number of aromatic nitrogens is 3. The monoisotopic (exact) mass is 603 g/mol. The van der Waals surface area contributed by atoms with Gasteiger partial charge in [-0.15, -0.1) is 0 Å². The maximum absolute atomic E-state index is 14.4. The van der Waals surface area contributed by atoms with E-state index in [1.54, 1.807) is 0 Å². The Kier molecular flexibility index (Phi) is 9.41. The summed E-state index contributed by atoms with van der Waals surface area (Å²) in [5, 5.41) is 13.2. The molecule has 1 saturated heterocycles. The number of carbonyl (C=O) groups excluding carboxylic acids is 2. The highest BCUT2D eigenvalue weighted by Gasteiger charge is 2.43. The Labute approximate surface area is 239 Å². The van der Waals surface area contributed by atoms with E-state index in [1.807, 2.05) is 7.05 Å². The Balaban J connectivity index is 1.65. The number of nitrogens with zero attached hydrogens (tertiary/aromatic N) is 5. The van der Waals surface area contributed by atoms with E-state index in [0.29, 0.717) is 12.8 Å². The first kappa shape index (κ1) is 30.3. The van der Waals surface area contributed by atoms with E-state index in [1.165, 1.54) is 12.4 Å². The average Bonchev–Trinajstić information content (AvgIpc) is 3.35. The minimum atomic E-state index is -4.91. The van der Waals surface area contributed by atoms with Gasteiger partial charge in [-0.25, -0.2) is 0 Å². The molecule has 1 aliphatic carbocycles. The molecule has 0 radical (unpaired) electrons. The highest BCUT2D eigenvalue weighted by Crippen LogP contribution is 2.39. The summed E-state index contributed by atoms with van der Waals surface area (Å²) in [5.74, 6) is -3.20. The van der Waals surface area contributed by atoms with Crippen LogP contribution in [0.5, 0.6) is 0 Å². The Morgan fingerprint density at radius 1 is 1.02 bits per heavy atom. The summed E-state index contributed by atoms with van der Waals surface area (Å²) in [4.78, 5) is 45.4. The van der Waals surface area contributed by atoms with Gasteiger partial charge in [-0.1, -0.05) is 23.2 Å². The predicted octanol–water partition coefficient (Wildman–Crippen LogP) is 5.09. The molecular weight excluding hydrogens is 574 g/mol. The first-order chi connectivity index (χ1) is 18.9. The zero-order valence-electron chi connectivity index (χ0n) is 21.8. The highest BCUT2D eigenvalue weighted by atomic mass is 35.5. The van der Waals surface area contributed by atoms with E-state index >= 15 is 0 Å². The fourth-order valence-electron chi connectivity index (χ4n) is 5.52. The smallest absolute Gasteiger partial charge is 0.433 e. The van der Waals surface area contributed by atoms with Crippen molar-refractivity contribution in [3.05, 3.63) is 45.5 Å². The molecule has 2 aromatic rings. The normalized spacial score (nSPS) is 20.9. The van der Waals surface area contributed by atoms with Crippen LogP contribution in [-0.2, 0) is 11.0 Å². The number of likely N-dealkylation sites (tertiary alicyclic amines) is 1. The zero-order chi connectivity index (χ0) is 29.2. The van der Waals surface area contributed by atoms with Gasteiger partial charge in [0.05, 0.1) is 45.9 Å². The quantitative estimate of drug-likeness (QED) is 0.419. The summed E-state index contributed by atoms with van der Waals surface area (Å²) in [6.45, 7) is 1.06. The van der Waals surface area contributed by atoms with Gasteiger partial charge in [0, 0.05) is 18.9 Å².